The highest BCUT2D eigenvalue weighted by Gasteiger charge is 2.14. The number of fused-ring (bicyclic) bond motifs is 1. The Hall–Kier alpha value is -2.14. The summed E-state index contributed by atoms with van der Waals surface area (Å²) < 4.78 is 1.99. The third-order valence-corrected chi connectivity index (χ3v) is 4.18. The molecule has 0 amide bonds. The number of carbonyl (C=O) groups is 1. The number of carboxylic acid groups (broad SMARTS) is 1. The summed E-state index contributed by atoms with van der Waals surface area (Å²) in [5, 5.41) is 12.5. The first-order valence-electron chi connectivity index (χ1n) is 6.84. The number of hydrogen-bond acceptors (Lipinski definition) is 3. The zero-order valence-electron chi connectivity index (χ0n) is 11.9. The van der Waals surface area contributed by atoms with E-state index < -0.39 is 5.97 Å². The largest absolute Gasteiger partial charge is 0.476 e. The van der Waals surface area contributed by atoms with Gasteiger partial charge in [-0.1, -0.05) is 32.0 Å². The molecule has 4 nitrogen and oxygen atoms in total. The quantitative estimate of drug-likeness (QED) is 0.792. The predicted octanol–water partition coefficient (Wildman–Crippen LogP) is 3.98. The van der Waals surface area contributed by atoms with E-state index in [9.17, 15) is 4.79 Å². The number of para-hydroxylation sites is 1. The highest BCUT2D eigenvalue weighted by molar-refractivity contribution is 7.12. The summed E-state index contributed by atoms with van der Waals surface area (Å²) in [7, 11) is 0. The Balaban J connectivity index is 2.15. The van der Waals surface area contributed by atoms with Crippen molar-refractivity contribution in [2.24, 2.45) is 5.92 Å². The van der Waals surface area contributed by atoms with Crippen LogP contribution in [0.4, 0.5) is 0 Å². The molecule has 0 spiro atoms. The Morgan fingerprint density at radius 1 is 1.38 bits per heavy atom. The lowest BCUT2D eigenvalue weighted by molar-refractivity contribution is 0.0691. The van der Waals surface area contributed by atoms with Crippen LogP contribution in [0.2, 0.25) is 0 Å². The Bertz CT molecular complexity index is 802. The van der Waals surface area contributed by atoms with Crippen LogP contribution in [-0.2, 0) is 6.42 Å². The number of thiazole rings is 1. The minimum atomic E-state index is -0.989. The van der Waals surface area contributed by atoms with Crippen LogP contribution in [0, 0.1) is 5.92 Å². The fourth-order valence-corrected chi connectivity index (χ4v) is 3.27. The molecule has 3 aromatic rings. The van der Waals surface area contributed by atoms with Crippen molar-refractivity contribution >= 4 is 28.2 Å². The standard InChI is InChI=1S/C16H16N2O2S/c1-10(2)7-11-8-18(14-6-4-3-5-12(11)14)16-17-13(9-21-16)15(19)20/h3-6,8-10H,7H2,1-2H3,(H,19,20). The van der Waals surface area contributed by atoms with Crippen molar-refractivity contribution in [1.82, 2.24) is 9.55 Å². The summed E-state index contributed by atoms with van der Waals surface area (Å²) >= 11 is 1.35. The van der Waals surface area contributed by atoms with Gasteiger partial charge in [-0.3, -0.25) is 4.57 Å². The molecule has 0 aliphatic heterocycles. The van der Waals surface area contributed by atoms with E-state index in [2.05, 4.69) is 31.1 Å². The second-order valence-corrected chi connectivity index (χ2v) is 6.30. The maximum atomic E-state index is 11.0. The van der Waals surface area contributed by atoms with E-state index in [-0.39, 0.29) is 5.69 Å². The Morgan fingerprint density at radius 2 is 2.14 bits per heavy atom. The van der Waals surface area contributed by atoms with E-state index in [1.165, 1.54) is 22.3 Å². The van der Waals surface area contributed by atoms with Crippen molar-refractivity contribution in [3.63, 3.8) is 0 Å². The molecule has 0 aliphatic rings. The maximum absolute atomic E-state index is 11.0. The molecule has 0 fully saturated rings. The topological polar surface area (TPSA) is 55.1 Å². The van der Waals surface area contributed by atoms with Crippen LogP contribution in [0.1, 0.15) is 29.9 Å². The highest BCUT2D eigenvalue weighted by atomic mass is 32.1. The van der Waals surface area contributed by atoms with E-state index in [1.54, 1.807) is 5.38 Å². The first-order chi connectivity index (χ1) is 10.1. The molecule has 0 unspecified atom stereocenters. The smallest absolute Gasteiger partial charge is 0.355 e. The number of aromatic carboxylic acids is 1. The lowest BCUT2D eigenvalue weighted by Crippen LogP contribution is -1.98. The van der Waals surface area contributed by atoms with Gasteiger partial charge in [0, 0.05) is 17.0 Å². The molecule has 1 N–H and O–H groups in total. The summed E-state index contributed by atoms with van der Waals surface area (Å²) in [6.07, 6.45) is 3.07. The van der Waals surface area contributed by atoms with Gasteiger partial charge in [-0.2, -0.15) is 0 Å². The summed E-state index contributed by atoms with van der Waals surface area (Å²) in [6, 6.07) is 8.17. The number of hydrogen-bond donors (Lipinski definition) is 1. The SMILES string of the molecule is CC(C)Cc1cn(-c2nc(C(=O)O)cs2)c2ccccc12. The first kappa shape index (κ1) is 13.8. The van der Waals surface area contributed by atoms with E-state index in [4.69, 9.17) is 5.11 Å². The number of aromatic nitrogens is 2. The van der Waals surface area contributed by atoms with Crippen LogP contribution in [0.5, 0.6) is 0 Å². The van der Waals surface area contributed by atoms with Gasteiger partial charge in [-0.15, -0.1) is 11.3 Å². The van der Waals surface area contributed by atoms with Gasteiger partial charge in [-0.05, 0) is 24.0 Å². The molecule has 1 aromatic carbocycles. The lowest BCUT2D eigenvalue weighted by Gasteiger charge is -2.01. The van der Waals surface area contributed by atoms with Crippen LogP contribution in [0.3, 0.4) is 0 Å². The normalized spacial score (nSPS) is 11.4. The molecular formula is C16H16N2O2S. The van der Waals surface area contributed by atoms with Gasteiger partial charge in [0.15, 0.2) is 10.8 Å². The average Bonchev–Trinajstić information content (AvgIpc) is 3.04. The van der Waals surface area contributed by atoms with Crippen LogP contribution in [0.15, 0.2) is 35.8 Å². The van der Waals surface area contributed by atoms with Crippen LogP contribution in [0.25, 0.3) is 16.0 Å². The highest BCUT2D eigenvalue weighted by Crippen LogP contribution is 2.28. The van der Waals surface area contributed by atoms with Crippen LogP contribution >= 0.6 is 11.3 Å². The van der Waals surface area contributed by atoms with E-state index in [0.717, 1.165) is 11.9 Å². The van der Waals surface area contributed by atoms with Crippen molar-refractivity contribution in [2.45, 2.75) is 20.3 Å². The Kier molecular flexibility index (Phi) is 3.51. The zero-order chi connectivity index (χ0) is 15.0. The van der Waals surface area contributed by atoms with Crippen LogP contribution in [-0.4, -0.2) is 20.6 Å². The summed E-state index contributed by atoms with van der Waals surface area (Å²) in [4.78, 5) is 15.2. The predicted molar refractivity (Wildman–Crippen MR) is 84.4 cm³/mol. The molecule has 108 valence electrons. The molecule has 2 aromatic heterocycles. The summed E-state index contributed by atoms with van der Waals surface area (Å²) in [6.45, 7) is 4.38. The van der Waals surface area contributed by atoms with Gasteiger partial charge in [0.1, 0.15) is 0 Å². The second kappa shape index (κ2) is 5.33. The lowest BCUT2D eigenvalue weighted by atomic mass is 10.0. The van der Waals surface area contributed by atoms with Gasteiger partial charge in [0.05, 0.1) is 5.52 Å². The Morgan fingerprint density at radius 3 is 2.81 bits per heavy atom. The zero-order valence-corrected chi connectivity index (χ0v) is 12.7. The monoisotopic (exact) mass is 300 g/mol. The van der Waals surface area contributed by atoms with Crippen molar-refractivity contribution in [2.75, 3.05) is 0 Å². The van der Waals surface area contributed by atoms with Crippen LogP contribution < -0.4 is 0 Å². The molecule has 0 atom stereocenters. The maximum Gasteiger partial charge on any atom is 0.355 e. The minimum Gasteiger partial charge on any atom is -0.476 e. The summed E-state index contributed by atoms with van der Waals surface area (Å²) in [5.74, 6) is -0.425. The van der Waals surface area contributed by atoms with Crippen molar-refractivity contribution in [1.29, 1.82) is 0 Å². The number of nitrogens with zero attached hydrogens (tertiary/aromatic N) is 2. The number of rotatable bonds is 4. The molecule has 0 saturated carbocycles. The molecule has 0 aliphatic carbocycles. The van der Waals surface area contributed by atoms with Gasteiger partial charge >= 0.3 is 5.97 Å². The molecular weight excluding hydrogens is 284 g/mol. The van der Waals surface area contributed by atoms with E-state index in [1.807, 2.05) is 22.8 Å². The molecule has 0 saturated heterocycles. The third-order valence-electron chi connectivity index (χ3n) is 3.34. The van der Waals surface area contributed by atoms with Gasteiger partial charge in [0.25, 0.3) is 0 Å². The Labute approximate surface area is 126 Å². The van der Waals surface area contributed by atoms with E-state index >= 15 is 0 Å². The molecule has 21 heavy (non-hydrogen) atoms. The van der Waals surface area contributed by atoms with E-state index in [0.29, 0.717) is 11.0 Å². The fraction of sp³-hybridized carbons (Fsp3) is 0.250. The minimum absolute atomic E-state index is 0.0955. The third kappa shape index (κ3) is 2.56. The molecule has 2 heterocycles. The first-order valence-corrected chi connectivity index (χ1v) is 7.72. The van der Waals surface area contributed by atoms with Crippen molar-refractivity contribution < 1.29 is 9.90 Å². The molecule has 0 bridgehead atoms. The van der Waals surface area contributed by atoms with Gasteiger partial charge in [-0.25, -0.2) is 9.78 Å². The van der Waals surface area contributed by atoms with Gasteiger partial charge < -0.3 is 5.11 Å². The molecule has 5 heteroatoms. The fourth-order valence-electron chi connectivity index (χ4n) is 2.48. The number of carboxylic acids is 1. The molecule has 0 radical (unpaired) electrons. The second-order valence-electron chi connectivity index (χ2n) is 5.46. The average molecular weight is 300 g/mol. The number of benzene rings is 1. The van der Waals surface area contributed by atoms with Crippen molar-refractivity contribution in [3.8, 4) is 5.13 Å². The van der Waals surface area contributed by atoms with Crippen molar-refractivity contribution in [3.05, 3.63) is 47.1 Å². The molecule has 3 rings (SSSR count). The summed E-state index contributed by atoms with van der Waals surface area (Å²) in [5.41, 5.74) is 2.44. The van der Waals surface area contributed by atoms with Gasteiger partial charge in [0.2, 0.25) is 0 Å².